The number of hydrogen-bond donors (Lipinski definition) is 3. The summed E-state index contributed by atoms with van der Waals surface area (Å²) in [5.74, 6) is 0.248. The number of nitrogens with one attached hydrogen (secondary N) is 3. The molecule has 0 spiro atoms. The Bertz CT molecular complexity index is 1710. The average Bonchev–Trinajstić information content (AvgIpc) is 3.52. The number of rotatable bonds is 7. The van der Waals surface area contributed by atoms with Gasteiger partial charge in [-0.05, 0) is 62.1 Å². The Balaban J connectivity index is 1.41. The van der Waals surface area contributed by atoms with E-state index in [0.717, 1.165) is 45.5 Å². The van der Waals surface area contributed by atoms with Crippen LogP contribution in [0.2, 0.25) is 0 Å². The molecule has 3 N–H and O–H groups in total. The number of anilines is 1. The molecule has 9 nitrogen and oxygen atoms in total. The van der Waals surface area contributed by atoms with Gasteiger partial charge >= 0.3 is 0 Å². The molecule has 0 amide bonds. The number of aromatic nitrogens is 7. The summed E-state index contributed by atoms with van der Waals surface area (Å²) in [4.78, 5) is 23.2. The van der Waals surface area contributed by atoms with Crippen LogP contribution in [0, 0.1) is 5.82 Å². The van der Waals surface area contributed by atoms with Crippen molar-refractivity contribution >= 4 is 27.8 Å². The van der Waals surface area contributed by atoms with Gasteiger partial charge < -0.3 is 15.2 Å². The first-order valence-corrected chi connectivity index (χ1v) is 11.8. The average molecular weight is 494 g/mol. The molecule has 6 aromatic rings. The molecule has 0 unspecified atom stereocenters. The summed E-state index contributed by atoms with van der Waals surface area (Å²) in [5, 5.41) is 11.7. The van der Waals surface area contributed by atoms with Crippen LogP contribution in [0.25, 0.3) is 56.0 Å². The van der Waals surface area contributed by atoms with Crippen molar-refractivity contribution in [1.82, 2.24) is 40.0 Å². The molecule has 184 valence electrons. The van der Waals surface area contributed by atoms with E-state index < -0.39 is 0 Å². The number of H-pyrrole nitrogens is 2. The van der Waals surface area contributed by atoms with Crippen LogP contribution >= 0.6 is 0 Å². The highest BCUT2D eigenvalue weighted by Gasteiger charge is 2.17. The molecule has 0 aliphatic carbocycles. The fourth-order valence-corrected chi connectivity index (χ4v) is 4.31. The standard InChI is InChI=1S/C27H24FN9/c1-37(2)10-9-30-19-12-17(11-18(28)13-19)20-5-8-31-26-24(20)33-27(34-26)25-21-14-22(16-3-6-29-7-4-16)32-15-23(21)35-36-25/h3-8,11-15,30H,9-10H2,1-2H3,(H,35,36)(H,31,33,34). The van der Waals surface area contributed by atoms with Gasteiger partial charge in [0.2, 0.25) is 0 Å². The number of halogens is 1. The van der Waals surface area contributed by atoms with E-state index >= 15 is 0 Å². The van der Waals surface area contributed by atoms with Crippen LogP contribution < -0.4 is 5.32 Å². The summed E-state index contributed by atoms with van der Waals surface area (Å²) >= 11 is 0. The van der Waals surface area contributed by atoms with Gasteiger partial charge in [-0.2, -0.15) is 5.10 Å². The third-order valence-corrected chi connectivity index (χ3v) is 6.14. The number of pyridine rings is 3. The molecular weight excluding hydrogens is 469 g/mol. The topological polar surface area (TPSA) is 111 Å². The molecule has 0 saturated carbocycles. The zero-order chi connectivity index (χ0) is 25.4. The van der Waals surface area contributed by atoms with E-state index in [1.54, 1.807) is 24.8 Å². The van der Waals surface area contributed by atoms with Gasteiger partial charge in [0.1, 0.15) is 11.5 Å². The van der Waals surface area contributed by atoms with Gasteiger partial charge in [-0.3, -0.25) is 15.1 Å². The van der Waals surface area contributed by atoms with Crippen LogP contribution in [0.3, 0.4) is 0 Å². The van der Waals surface area contributed by atoms with Crippen molar-refractivity contribution in [2.45, 2.75) is 0 Å². The number of imidazole rings is 1. The first kappa shape index (κ1) is 22.7. The number of fused-ring (bicyclic) bond motifs is 2. The second kappa shape index (κ2) is 9.40. The van der Waals surface area contributed by atoms with Gasteiger partial charge in [-0.25, -0.2) is 14.4 Å². The highest BCUT2D eigenvalue weighted by atomic mass is 19.1. The van der Waals surface area contributed by atoms with Crippen LogP contribution in [0.4, 0.5) is 10.1 Å². The molecule has 0 fully saturated rings. The summed E-state index contributed by atoms with van der Waals surface area (Å²) in [7, 11) is 4.00. The summed E-state index contributed by atoms with van der Waals surface area (Å²) in [5.41, 5.74) is 6.70. The van der Waals surface area contributed by atoms with E-state index in [1.807, 2.05) is 44.4 Å². The maximum atomic E-state index is 14.6. The molecule has 0 bridgehead atoms. The SMILES string of the molecule is CN(C)CCNc1cc(F)cc(-c2ccnc3nc(-c4n[nH]c5cnc(-c6ccncc6)cc45)[nH]c23)c1. The Kier molecular flexibility index (Phi) is 5.78. The van der Waals surface area contributed by atoms with Crippen molar-refractivity contribution in [3.05, 3.63) is 73.1 Å². The summed E-state index contributed by atoms with van der Waals surface area (Å²) in [6, 6.07) is 12.6. The minimum absolute atomic E-state index is 0.316. The summed E-state index contributed by atoms with van der Waals surface area (Å²) in [6.45, 7) is 1.55. The second-order valence-electron chi connectivity index (χ2n) is 9.02. The molecule has 0 aliphatic heterocycles. The van der Waals surface area contributed by atoms with Crippen LogP contribution in [0.5, 0.6) is 0 Å². The van der Waals surface area contributed by atoms with Crippen LogP contribution in [-0.2, 0) is 0 Å². The van der Waals surface area contributed by atoms with E-state index in [4.69, 9.17) is 4.98 Å². The molecule has 0 aliphatic rings. The third kappa shape index (κ3) is 4.50. The Morgan fingerprint density at radius 3 is 2.68 bits per heavy atom. The van der Waals surface area contributed by atoms with Gasteiger partial charge in [-0.1, -0.05) is 0 Å². The summed E-state index contributed by atoms with van der Waals surface area (Å²) < 4.78 is 14.6. The predicted octanol–water partition coefficient (Wildman–Crippen LogP) is 4.74. The minimum atomic E-state index is -0.316. The molecule has 0 radical (unpaired) electrons. The maximum Gasteiger partial charge on any atom is 0.178 e. The van der Waals surface area contributed by atoms with Gasteiger partial charge in [0.05, 0.1) is 22.9 Å². The fraction of sp³-hybridized carbons (Fsp3) is 0.148. The molecule has 10 heteroatoms. The number of benzene rings is 1. The minimum Gasteiger partial charge on any atom is -0.384 e. The van der Waals surface area contributed by atoms with Gasteiger partial charge in [0, 0.05) is 53.9 Å². The molecule has 6 rings (SSSR count). The van der Waals surface area contributed by atoms with E-state index in [2.05, 4.69) is 40.3 Å². The predicted molar refractivity (Wildman–Crippen MR) is 142 cm³/mol. The number of aromatic amines is 2. The normalized spacial score (nSPS) is 11.6. The van der Waals surface area contributed by atoms with E-state index in [-0.39, 0.29) is 5.82 Å². The fourth-order valence-electron chi connectivity index (χ4n) is 4.31. The number of hydrogen-bond acceptors (Lipinski definition) is 7. The lowest BCUT2D eigenvalue weighted by molar-refractivity contribution is 0.425. The smallest absolute Gasteiger partial charge is 0.178 e. The first-order chi connectivity index (χ1) is 18.0. The zero-order valence-corrected chi connectivity index (χ0v) is 20.3. The lowest BCUT2D eigenvalue weighted by Crippen LogP contribution is -2.20. The molecule has 37 heavy (non-hydrogen) atoms. The molecule has 0 atom stereocenters. The number of nitrogens with zero attached hydrogens (tertiary/aromatic N) is 6. The maximum absolute atomic E-state index is 14.6. The van der Waals surface area contributed by atoms with Crippen LogP contribution in [0.15, 0.2) is 67.3 Å². The Hall–Kier alpha value is -4.70. The Morgan fingerprint density at radius 2 is 1.84 bits per heavy atom. The van der Waals surface area contributed by atoms with E-state index in [1.165, 1.54) is 12.1 Å². The van der Waals surface area contributed by atoms with Gasteiger partial charge in [0.25, 0.3) is 0 Å². The Labute approximate surface area is 211 Å². The van der Waals surface area contributed by atoms with E-state index in [0.29, 0.717) is 29.2 Å². The van der Waals surface area contributed by atoms with Crippen molar-refractivity contribution in [2.24, 2.45) is 0 Å². The Morgan fingerprint density at radius 1 is 0.973 bits per heavy atom. The second-order valence-corrected chi connectivity index (χ2v) is 9.02. The third-order valence-electron chi connectivity index (χ3n) is 6.14. The largest absolute Gasteiger partial charge is 0.384 e. The first-order valence-electron chi connectivity index (χ1n) is 11.8. The molecule has 5 aromatic heterocycles. The molecule has 5 heterocycles. The lowest BCUT2D eigenvalue weighted by Gasteiger charge is -2.13. The lowest BCUT2D eigenvalue weighted by atomic mass is 10.0. The van der Waals surface area contributed by atoms with Gasteiger partial charge in [-0.15, -0.1) is 0 Å². The van der Waals surface area contributed by atoms with Crippen molar-refractivity contribution in [3.63, 3.8) is 0 Å². The zero-order valence-electron chi connectivity index (χ0n) is 20.3. The van der Waals surface area contributed by atoms with Crippen LogP contribution in [0.1, 0.15) is 0 Å². The molecule has 0 saturated heterocycles. The highest BCUT2D eigenvalue weighted by Crippen LogP contribution is 2.33. The molecular formula is C27H24FN9. The molecule has 1 aromatic carbocycles. The highest BCUT2D eigenvalue weighted by molar-refractivity contribution is 5.97. The van der Waals surface area contributed by atoms with Crippen molar-refractivity contribution in [3.8, 4) is 33.9 Å². The van der Waals surface area contributed by atoms with Crippen molar-refractivity contribution < 1.29 is 4.39 Å². The number of likely N-dealkylation sites (N-methyl/N-ethyl adjacent to an activating group) is 1. The van der Waals surface area contributed by atoms with Crippen LogP contribution in [-0.4, -0.2) is 67.2 Å². The summed E-state index contributed by atoms with van der Waals surface area (Å²) in [6.07, 6.45) is 6.91. The van der Waals surface area contributed by atoms with Gasteiger partial charge in [0.15, 0.2) is 11.5 Å². The van der Waals surface area contributed by atoms with Crippen molar-refractivity contribution in [1.29, 1.82) is 0 Å². The van der Waals surface area contributed by atoms with Crippen molar-refractivity contribution in [2.75, 3.05) is 32.5 Å². The monoisotopic (exact) mass is 493 g/mol. The van der Waals surface area contributed by atoms with E-state index in [9.17, 15) is 4.39 Å². The quantitative estimate of drug-likeness (QED) is 0.295.